The van der Waals surface area contributed by atoms with Crippen molar-refractivity contribution in [2.75, 3.05) is 19.3 Å². The van der Waals surface area contributed by atoms with E-state index in [9.17, 15) is 8.42 Å². The summed E-state index contributed by atoms with van der Waals surface area (Å²) in [7, 11) is 2.52. The number of sulfonamides is 1. The van der Waals surface area contributed by atoms with Crippen molar-refractivity contribution >= 4 is 17.9 Å². The van der Waals surface area contributed by atoms with E-state index in [0.717, 1.165) is 12.8 Å². The Bertz CT molecular complexity index is 232. The van der Waals surface area contributed by atoms with Crippen LogP contribution in [0.15, 0.2) is 0 Å². The molecule has 0 aromatic carbocycles. The molecule has 0 aliphatic carbocycles. The maximum atomic E-state index is 11.1. The number of hydrogen-bond acceptors (Lipinski definition) is 2. The molecule has 0 aromatic heterocycles. The maximum absolute atomic E-state index is 11.1. The molecule has 1 heterocycles. The van der Waals surface area contributed by atoms with Gasteiger partial charge in [0.2, 0.25) is 10.0 Å². The Morgan fingerprint density at radius 1 is 1.42 bits per heavy atom. The Balaban J connectivity index is 2.47. The predicted molar refractivity (Wildman–Crippen MR) is 49.7 cm³/mol. The average molecular weight is 187 g/mol. The second-order valence-corrected chi connectivity index (χ2v) is 5.32. The second kappa shape index (κ2) is 3.79. The Kier molecular flexibility index (Phi) is 3.18. The van der Waals surface area contributed by atoms with Crippen molar-refractivity contribution in [3.05, 3.63) is 0 Å². The van der Waals surface area contributed by atoms with Crippen LogP contribution in [-0.4, -0.2) is 39.9 Å². The molecular weight excluding hydrogens is 173 g/mol. The third kappa shape index (κ3) is 2.49. The third-order valence-corrected chi connectivity index (χ3v) is 3.68. The van der Waals surface area contributed by atoms with Crippen molar-refractivity contribution in [2.45, 2.75) is 19.2 Å². The number of nitrogens with zero attached hydrogens (tertiary/aromatic N) is 1. The van der Waals surface area contributed by atoms with Gasteiger partial charge < -0.3 is 0 Å². The number of hydrogen-bond donors (Lipinski definition) is 0. The van der Waals surface area contributed by atoms with Gasteiger partial charge in [0.05, 0.1) is 14.1 Å². The summed E-state index contributed by atoms with van der Waals surface area (Å²) in [6, 6.07) is 0. The highest BCUT2D eigenvalue weighted by molar-refractivity contribution is 7.88. The highest BCUT2D eigenvalue weighted by Crippen LogP contribution is 2.20. The molecule has 5 heteroatoms. The fourth-order valence-electron chi connectivity index (χ4n) is 1.48. The van der Waals surface area contributed by atoms with E-state index in [1.165, 1.54) is 10.6 Å². The van der Waals surface area contributed by atoms with Crippen molar-refractivity contribution in [1.82, 2.24) is 4.31 Å². The third-order valence-electron chi connectivity index (χ3n) is 2.38. The topological polar surface area (TPSA) is 37.4 Å². The molecule has 1 rings (SSSR count). The van der Waals surface area contributed by atoms with Crippen LogP contribution in [0, 0.1) is 5.92 Å². The van der Waals surface area contributed by atoms with Gasteiger partial charge in [-0.15, -0.1) is 0 Å². The van der Waals surface area contributed by atoms with Crippen LogP contribution in [0.4, 0.5) is 0 Å². The molecule has 0 amide bonds. The van der Waals surface area contributed by atoms with Crippen molar-refractivity contribution in [2.24, 2.45) is 5.92 Å². The maximum Gasteiger partial charge on any atom is 0.211 e. The molecule has 0 saturated carbocycles. The molecule has 1 fully saturated rings. The number of rotatable bonds is 2. The monoisotopic (exact) mass is 187 g/mol. The zero-order chi connectivity index (χ0) is 9.19. The van der Waals surface area contributed by atoms with Gasteiger partial charge in [-0.2, -0.15) is 0 Å². The van der Waals surface area contributed by atoms with E-state index in [1.54, 1.807) is 0 Å². The smallest absolute Gasteiger partial charge is 0.211 e. The standard InChI is InChI=1S/C7H14BNO2S/c1-12(10,11)9-4-2-7(6-8)3-5-9/h7H,2-6H2,1H3. The lowest BCUT2D eigenvalue weighted by molar-refractivity contribution is 0.289. The summed E-state index contributed by atoms with van der Waals surface area (Å²) in [5, 5.41) is 0. The largest absolute Gasteiger partial charge is 0.213 e. The van der Waals surface area contributed by atoms with Gasteiger partial charge in [0.1, 0.15) is 0 Å². The van der Waals surface area contributed by atoms with Gasteiger partial charge in [0.25, 0.3) is 0 Å². The molecule has 1 aliphatic rings. The summed E-state index contributed by atoms with van der Waals surface area (Å²) in [5.74, 6) is 0.517. The molecule has 0 atom stereocenters. The molecule has 1 saturated heterocycles. The first-order valence-electron chi connectivity index (χ1n) is 4.19. The molecule has 3 nitrogen and oxygen atoms in total. The lowest BCUT2D eigenvalue weighted by Gasteiger charge is -2.29. The van der Waals surface area contributed by atoms with E-state index in [-0.39, 0.29) is 0 Å². The highest BCUT2D eigenvalue weighted by atomic mass is 32.2. The van der Waals surface area contributed by atoms with Gasteiger partial charge in [0, 0.05) is 13.1 Å². The molecule has 2 radical (unpaired) electrons. The summed E-state index contributed by atoms with van der Waals surface area (Å²) in [4.78, 5) is 0. The molecule has 1 aliphatic heterocycles. The Morgan fingerprint density at radius 2 is 1.92 bits per heavy atom. The van der Waals surface area contributed by atoms with E-state index in [4.69, 9.17) is 7.85 Å². The number of piperidine rings is 1. The lowest BCUT2D eigenvalue weighted by atomic mass is 9.85. The first kappa shape index (κ1) is 10.1. The minimum absolute atomic E-state index is 0.517. The van der Waals surface area contributed by atoms with Crippen LogP contribution in [0.5, 0.6) is 0 Å². The summed E-state index contributed by atoms with van der Waals surface area (Å²) >= 11 is 0. The van der Waals surface area contributed by atoms with Gasteiger partial charge in [-0.1, -0.05) is 6.32 Å². The van der Waals surface area contributed by atoms with Crippen molar-refractivity contribution in [3.8, 4) is 0 Å². The fraction of sp³-hybridized carbons (Fsp3) is 1.00. The van der Waals surface area contributed by atoms with Crippen LogP contribution < -0.4 is 0 Å². The van der Waals surface area contributed by atoms with Crippen LogP contribution in [0.2, 0.25) is 6.32 Å². The fourth-order valence-corrected chi connectivity index (χ4v) is 2.35. The van der Waals surface area contributed by atoms with Crippen LogP contribution in [-0.2, 0) is 10.0 Å². The van der Waals surface area contributed by atoms with E-state index in [0.29, 0.717) is 25.3 Å². The molecule has 0 bridgehead atoms. The minimum atomic E-state index is -2.97. The quantitative estimate of drug-likeness (QED) is 0.581. The summed E-state index contributed by atoms with van der Waals surface area (Å²) in [6.07, 6.45) is 3.75. The van der Waals surface area contributed by atoms with E-state index < -0.39 is 10.0 Å². The van der Waals surface area contributed by atoms with Gasteiger partial charge in [0.15, 0.2) is 0 Å². The second-order valence-electron chi connectivity index (χ2n) is 3.34. The van der Waals surface area contributed by atoms with E-state index in [2.05, 4.69) is 0 Å². The zero-order valence-corrected chi connectivity index (χ0v) is 8.18. The van der Waals surface area contributed by atoms with Gasteiger partial charge in [-0.05, 0) is 18.8 Å². The Morgan fingerprint density at radius 3 is 2.25 bits per heavy atom. The minimum Gasteiger partial charge on any atom is -0.213 e. The van der Waals surface area contributed by atoms with E-state index >= 15 is 0 Å². The van der Waals surface area contributed by atoms with Crippen molar-refractivity contribution < 1.29 is 8.42 Å². The van der Waals surface area contributed by atoms with Gasteiger partial charge in [-0.3, -0.25) is 0 Å². The summed E-state index contributed by atoms with van der Waals surface area (Å²) < 4.78 is 23.7. The molecule has 0 N–H and O–H groups in total. The highest BCUT2D eigenvalue weighted by Gasteiger charge is 2.23. The zero-order valence-electron chi connectivity index (χ0n) is 7.36. The first-order valence-corrected chi connectivity index (χ1v) is 6.04. The van der Waals surface area contributed by atoms with E-state index in [1.807, 2.05) is 0 Å². The van der Waals surface area contributed by atoms with Gasteiger partial charge >= 0.3 is 0 Å². The normalized spacial score (nSPS) is 22.8. The molecule has 0 spiro atoms. The summed E-state index contributed by atoms with van der Waals surface area (Å²) in [6.45, 7) is 1.28. The molecular formula is C7H14BNO2S. The van der Waals surface area contributed by atoms with Crippen molar-refractivity contribution in [3.63, 3.8) is 0 Å². The first-order chi connectivity index (χ1) is 5.54. The van der Waals surface area contributed by atoms with Crippen LogP contribution in [0.3, 0.4) is 0 Å². The van der Waals surface area contributed by atoms with Crippen molar-refractivity contribution in [1.29, 1.82) is 0 Å². The Hall–Kier alpha value is -0.0251. The van der Waals surface area contributed by atoms with Crippen LogP contribution >= 0.6 is 0 Å². The Labute approximate surface area is 75.6 Å². The van der Waals surface area contributed by atoms with Gasteiger partial charge in [-0.25, -0.2) is 12.7 Å². The lowest BCUT2D eigenvalue weighted by Crippen LogP contribution is -2.37. The SMILES string of the molecule is [B]CC1CCN(S(C)(=O)=O)CC1. The molecule has 12 heavy (non-hydrogen) atoms. The molecule has 0 unspecified atom stereocenters. The molecule has 0 aromatic rings. The summed E-state index contributed by atoms with van der Waals surface area (Å²) in [5.41, 5.74) is 0. The molecule has 68 valence electrons. The van der Waals surface area contributed by atoms with Crippen LogP contribution in [0.1, 0.15) is 12.8 Å². The predicted octanol–water partition coefficient (Wildman–Crippen LogP) is 0.245. The average Bonchev–Trinajstić information content (AvgIpc) is 2.03. The van der Waals surface area contributed by atoms with Crippen LogP contribution in [0.25, 0.3) is 0 Å².